The molecular weight excluding hydrogens is 394 g/mol. The largest absolute Gasteiger partial charge is 0.497 e. The molecule has 0 radical (unpaired) electrons. The van der Waals surface area contributed by atoms with E-state index < -0.39 is 0 Å². The lowest BCUT2D eigenvalue weighted by Gasteiger charge is -2.14. The van der Waals surface area contributed by atoms with Gasteiger partial charge >= 0.3 is 0 Å². The molecule has 0 saturated carbocycles. The Morgan fingerprint density at radius 2 is 1.45 bits per heavy atom. The van der Waals surface area contributed by atoms with Crippen molar-refractivity contribution in [3.8, 4) is 34.3 Å². The second kappa shape index (κ2) is 8.83. The third kappa shape index (κ3) is 4.05. The van der Waals surface area contributed by atoms with Gasteiger partial charge in [-0.05, 0) is 36.4 Å². The monoisotopic (exact) mass is 417 g/mol. The molecule has 1 heterocycles. The van der Waals surface area contributed by atoms with E-state index in [9.17, 15) is 0 Å². The molecule has 0 aliphatic carbocycles. The first-order valence-electron chi connectivity index (χ1n) is 9.69. The number of hydrogen-bond acceptors (Lipinski definition) is 6. The predicted octanol–water partition coefficient (Wildman–Crippen LogP) is 5.37. The van der Waals surface area contributed by atoms with E-state index in [1.807, 2.05) is 66.7 Å². The van der Waals surface area contributed by atoms with E-state index in [1.165, 1.54) is 0 Å². The van der Waals surface area contributed by atoms with Gasteiger partial charge in [0.25, 0.3) is 0 Å². The molecule has 31 heavy (non-hydrogen) atoms. The number of para-hydroxylation sites is 1. The molecule has 0 aliphatic heterocycles. The minimum Gasteiger partial charge on any atom is -0.497 e. The summed E-state index contributed by atoms with van der Waals surface area (Å²) in [6, 6.07) is 21.0. The van der Waals surface area contributed by atoms with E-state index in [4.69, 9.17) is 28.4 Å². The molecule has 1 aromatic heterocycles. The van der Waals surface area contributed by atoms with E-state index in [2.05, 4.69) is 0 Å². The molecule has 0 atom stereocenters. The van der Waals surface area contributed by atoms with Crippen LogP contribution in [0.15, 0.2) is 76.1 Å². The van der Waals surface area contributed by atoms with Crippen molar-refractivity contribution < 1.29 is 23.4 Å². The zero-order valence-electron chi connectivity index (χ0n) is 17.8. The number of methoxy groups -OCH3 is 4. The normalized spacial score (nSPS) is 11.4. The first kappa shape index (κ1) is 20.3. The van der Waals surface area contributed by atoms with Gasteiger partial charge in [-0.3, -0.25) is 0 Å². The van der Waals surface area contributed by atoms with Crippen LogP contribution >= 0.6 is 0 Å². The van der Waals surface area contributed by atoms with Gasteiger partial charge in [0, 0.05) is 23.1 Å². The van der Waals surface area contributed by atoms with E-state index in [0.29, 0.717) is 23.0 Å². The molecule has 0 unspecified atom stereocenters. The number of rotatable bonds is 6. The Balaban J connectivity index is 1.96. The Morgan fingerprint density at radius 1 is 0.710 bits per heavy atom. The van der Waals surface area contributed by atoms with Crippen molar-refractivity contribution in [3.63, 3.8) is 0 Å². The van der Waals surface area contributed by atoms with Crippen LogP contribution in [0, 0.1) is 0 Å². The third-order valence-electron chi connectivity index (χ3n) is 4.90. The second-order valence-corrected chi connectivity index (χ2v) is 6.72. The van der Waals surface area contributed by atoms with Gasteiger partial charge in [-0.1, -0.05) is 18.2 Å². The van der Waals surface area contributed by atoms with Crippen molar-refractivity contribution in [2.45, 2.75) is 0 Å². The van der Waals surface area contributed by atoms with Crippen molar-refractivity contribution >= 4 is 16.7 Å². The van der Waals surface area contributed by atoms with Crippen LogP contribution in [-0.4, -0.2) is 28.4 Å². The van der Waals surface area contributed by atoms with Crippen molar-refractivity contribution in [1.82, 2.24) is 0 Å². The first-order chi connectivity index (χ1) is 15.2. The van der Waals surface area contributed by atoms with Crippen LogP contribution in [0.3, 0.4) is 0 Å². The van der Waals surface area contributed by atoms with E-state index >= 15 is 0 Å². The standard InChI is InChI=1S/C25H23NO5/c1-27-18-9-7-8-17(14-18)26-20-15-22(31-21-11-6-5-10-19(20)21)16-12-23(28-2)25(30-4)24(13-16)29-3/h5-15H,1-4H3. The highest BCUT2D eigenvalue weighted by Gasteiger charge is 2.16. The van der Waals surface area contributed by atoms with Gasteiger partial charge in [-0.25, -0.2) is 4.99 Å². The third-order valence-corrected chi connectivity index (χ3v) is 4.90. The Kier molecular flexibility index (Phi) is 5.80. The number of benzene rings is 3. The number of ether oxygens (including phenoxy) is 4. The van der Waals surface area contributed by atoms with Gasteiger partial charge in [-0.15, -0.1) is 0 Å². The van der Waals surface area contributed by atoms with Gasteiger partial charge in [0.1, 0.15) is 17.1 Å². The maximum absolute atomic E-state index is 6.21. The smallest absolute Gasteiger partial charge is 0.203 e. The summed E-state index contributed by atoms with van der Waals surface area (Å²) in [6.07, 6.45) is 0. The minimum atomic E-state index is 0.524. The van der Waals surface area contributed by atoms with Gasteiger partial charge < -0.3 is 23.4 Å². The summed E-state index contributed by atoms with van der Waals surface area (Å²) >= 11 is 0. The van der Waals surface area contributed by atoms with Gasteiger partial charge in [0.05, 0.1) is 39.5 Å². The Bertz CT molecular complexity index is 1270. The highest BCUT2D eigenvalue weighted by molar-refractivity contribution is 5.79. The molecule has 0 bridgehead atoms. The summed E-state index contributed by atoms with van der Waals surface area (Å²) in [6.45, 7) is 0. The van der Waals surface area contributed by atoms with Crippen LogP contribution in [0.5, 0.6) is 23.0 Å². The van der Waals surface area contributed by atoms with Crippen LogP contribution in [-0.2, 0) is 0 Å². The summed E-state index contributed by atoms with van der Waals surface area (Å²) in [4.78, 5) is 4.86. The van der Waals surface area contributed by atoms with E-state index in [0.717, 1.165) is 33.3 Å². The summed E-state index contributed by atoms with van der Waals surface area (Å²) in [5.41, 5.74) is 2.28. The molecule has 6 heteroatoms. The lowest BCUT2D eigenvalue weighted by molar-refractivity contribution is 0.324. The van der Waals surface area contributed by atoms with Crippen molar-refractivity contribution in [2.24, 2.45) is 4.99 Å². The van der Waals surface area contributed by atoms with Gasteiger partial charge in [-0.2, -0.15) is 0 Å². The highest BCUT2D eigenvalue weighted by atomic mass is 16.5. The molecule has 4 aromatic rings. The molecule has 158 valence electrons. The number of fused-ring (bicyclic) bond motifs is 1. The number of nitrogens with zero attached hydrogens (tertiary/aromatic N) is 1. The average Bonchev–Trinajstić information content (AvgIpc) is 2.83. The molecule has 3 aromatic carbocycles. The minimum absolute atomic E-state index is 0.524. The zero-order valence-corrected chi connectivity index (χ0v) is 17.8. The Labute approximate surface area is 180 Å². The zero-order chi connectivity index (χ0) is 21.8. The quantitative estimate of drug-likeness (QED) is 0.422. The van der Waals surface area contributed by atoms with Crippen LogP contribution in [0.2, 0.25) is 0 Å². The maximum atomic E-state index is 6.21. The van der Waals surface area contributed by atoms with Gasteiger partial charge in [0.2, 0.25) is 5.75 Å². The maximum Gasteiger partial charge on any atom is 0.203 e. The fourth-order valence-corrected chi connectivity index (χ4v) is 3.39. The predicted molar refractivity (Wildman–Crippen MR) is 120 cm³/mol. The van der Waals surface area contributed by atoms with Crippen LogP contribution in [0.1, 0.15) is 0 Å². The first-order valence-corrected chi connectivity index (χ1v) is 9.69. The highest BCUT2D eigenvalue weighted by Crippen LogP contribution is 2.41. The second-order valence-electron chi connectivity index (χ2n) is 6.72. The molecule has 0 N–H and O–H groups in total. The Morgan fingerprint density at radius 3 is 2.13 bits per heavy atom. The number of hydrogen-bond donors (Lipinski definition) is 0. The summed E-state index contributed by atoms with van der Waals surface area (Å²) < 4.78 is 28.0. The summed E-state index contributed by atoms with van der Waals surface area (Å²) in [5, 5.41) is 1.68. The molecule has 0 aliphatic rings. The van der Waals surface area contributed by atoms with E-state index in [-0.39, 0.29) is 0 Å². The molecule has 4 rings (SSSR count). The van der Waals surface area contributed by atoms with Crippen LogP contribution in [0.25, 0.3) is 22.3 Å². The fraction of sp³-hybridized carbons (Fsp3) is 0.160. The Hall–Kier alpha value is -3.93. The molecular formula is C25H23NO5. The topological polar surface area (TPSA) is 62.4 Å². The average molecular weight is 417 g/mol. The summed E-state index contributed by atoms with van der Waals surface area (Å²) in [7, 11) is 6.38. The lowest BCUT2D eigenvalue weighted by atomic mass is 10.1. The molecule has 0 amide bonds. The lowest BCUT2D eigenvalue weighted by Crippen LogP contribution is -2.03. The SMILES string of the molecule is COc1cccc(N=c2cc(-c3cc(OC)c(OC)c(OC)c3)oc3ccccc23)c1. The van der Waals surface area contributed by atoms with Crippen molar-refractivity contribution in [3.05, 3.63) is 72.1 Å². The molecule has 6 nitrogen and oxygen atoms in total. The van der Waals surface area contributed by atoms with Crippen molar-refractivity contribution in [1.29, 1.82) is 0 Å². The summed E-state index contributed by atoms with van der Waals surface area (Å²) in [5.74, 6) is 2.99. The van der Waals surface area contributed by atoms with Crippen LogP contribution in [0.4, 0.5) is 5.69 Å². The fourth-order valence-electron chi connectivity index (χ4n) is 3.39. The molecule has 0 saturated heterocycles. The van der Waals surface area contributed by atoms with E-state index in [1.54, 1.807) is 28.4 Å². The molecule has 0 fully saturated rings. The molecule has 0 spiro atoms. The van der Waals surface area contributed by atoms with Crippen molar-refractivity contribution in [2.75, 3.05) is 28.4 Å². The van der Waals surface area contributed by atoms with Gasteiger partial charge in [0.15, 0.2) is 11.5 Å². The van der Waals surface area contributed by atoms with Crippen LogP contribution < -0.4 is 24.3 Å².